The summed E-state index contributed by atoms with van der Waals surface area (Å²) < 4.78 is 22.0. The molecule has 8 heteroatoms. The van der Waals surface area contributed by atoms with E-state index in [1.165, 1.54) is 31.0 Å². The molecule has 0 spiro atoms. The average Bonchev–Trinajstić information content (AvgIpc) is 3.60. The van der Waals surface area contributed by atoms with E-state index in [0.717, 1.165) is 52.6 Å². The Bertz CT molecular complexity index is 912. The molecule has 5 aliphatic heterocycles. The van der Waals surface area contributed by atoms with Gasteiger partial charge in [-0.1, -0.05) is 23.5 Å². The van der Waals surface area contributed by atoms with Crippen molar-refractivity contribution in [2.24, 2.45) is 0 Å². The Balaban J connectivity index is 1.11. The van der Waals surface area contributed by atoms with Crippen molar-refractivity contribution in [1.82, 2.24) is 0 Å². The third-order valence-electron chi connectivity index (χ3n) is 6.33. The number of anilines is 2. The van der Waals surface area contributed by atoms with Gasteiger partial charge in [-0.2, -0.15) is 0 Å². The largest absolute Gasteiger partial charge is 0.371 e. The van der Waals surface area contributed by atoms with Crippen LogP contribution in [-0.2, 0) is 18.9 Å². The molecule has 0 radical (unpaired) electrons. The maximum atomic E-state index is 5.50. The Morgan fingerprint density at radius 3 is 1.22 bits per heavy atom. The van der Waals surface area contributed by atoms with E-state index in [0.29, 0.717) is 24.4 Å². The summed E-state index contributed by atoms with van der Waals surface area (Å²) in [7, 11) is 0. The molecular weight excluding hydrogens is 444 g/mol. The first-order valence-electron chi connectivity index (χ1n) is 11.4. The molecule has 6 nitrogen and oxygen atoms in total. The lowest BCUT2D eigenvalue weighted by atomic mass is 10.2. The zero-order valence-electron chi connectivity index (χ0n) is 17.8. The lowest BCUT2D eigenvalue weighted by Gasteiger charge is -2.27. The molecule has 0 amide bonds. The van der Waals surface area contributed by atoms with Crippen LogP contribution in [0.3, 0.4) is 0 Å². The summed E-state index contributed by atoms with van der Waals surface area (Å²) >= 11 is 3.76. The minimum absolute atomic E-state index is 0.371. The summed E-state index contributed by atoms with van der Waals surface area (Å²) in [6.45, 7) is 7.30. The van der Waals surface area contributed by atoms with E-state index in [9.17, 15) is 0 Å². The number of hydrogen-bond donors (Lipinski definition) is 0. The number of nitrogens with zero attached hydrogens (tertiary/aromatic N) is 2. The maximum absolute atomic E-state index is 5.50. The summed E-state index contributed by atoms with van der Waals surface area (Å²) in [5.74, 6) is 0. The molecule has 168 valence electrons. The Kier molecular flexibility index (Phi) is 5.07. The second-order valence-corrected chi connectivity index (χ2v) is 11.3. The van der Waals surface area contributed by atoms with E-state index in [1.807, 2.05) is 23.5 Å². The summed E-state index contributed by atoms with van der Waals surface area (Å²) in [6, 6.07) is 13.8. The van der Waals surface area contributed by atoms with Crippen molar-refractivity contribution in [2.45, 2.75) is 44.0 Å². The van der Waals surface area contributed by atoms with Gasteiger partial charge >= 0.3 is 0 Å². The van der Waals surface area contributed by atoms with Gasteiger partial charge in [-0.05, 0) is 36.4 Å². The predicted molar refractivity (Wildman–Crippen MR) is 125 cm³/mol. The fraction of sp³-hybridized carbons (Fsp3) is 0.500. The highest BCUT2D eigenvalue weighted by atomic mass is 32.2. The van der Waals surface area contributed by atoms with Crippen molar-refractivity contribution in [3.8, 4) is 0 Å². The normalized spacial score (nSPS) is 28.5. The molecule has 32 heavy (non-hydrogen) atoms. The number of epoxide rings is 4. The van der Waals surface area contributed by atoms with Crippen molar-refractivity contribution in [2.75, 3.05) is 62.4 Å². The van der Waals surface area contributed by atoms with E-state index in [1.54, 1.807) is 0 Å². The monoisotopic (exact) mass is 470 g/mol. The van der Waals surface area contributed by atoms with Crippen LogP contribution in [0.1, 0.15) is 0 Å². The first-order chi connectivity index (χ1) is 15.8. The number of benzene rings is 2. The van der Waals surface area contributed by atoms with Gasteiger partial charge in [0.05, 0.1) is 50.8 Å². The van der Waals surface area contributed by atoms with Crippen LogP contribution in [-0.4, -0.2) is 77.0 Å². The lowest BCUT2D eigenvalue weighted by molar-refractivity contribution is 0.388. The number of fused-ring (bicyclic) bond motifs is 2. The summed E-state index contributed by atoms with van der Waals surface area (Å²) in [5, 5.41) is 0. The van der Waals surface area contributed by atoms with Crippen LogP contribution in [0.15, 0.2) is 56.0 Å². The van der Waals surface area contributed by atoms with Crippen molar-refractivity contribution < 1.29 is 18.9 Å². The molecular formula is C24H26N2O4S2. The van der Waals surface area contributed by atoms with E-state index >= 15 is 0 Å². The van der Waals surface area contributed by atoms with Crippen molar-refractivity contribution in [3.63, 3.8) is 0 Å². The van der Waals surface area contributed by atoms with E-state index in [4.69, 9.17) is 18.9 Å². The third-order valence-corrected chi connectivity index (χ3v) is 8.86. The molecule has 0 saturated carbocycles. The smallest absolute Gasteiger partial charge is 0.0984 e. The fourth-order valence-electron chi connectivity index (χ4n) is 4.20. The first-order valence-corrected chi connectivity index (χ1v) is 13.0. The van der Waals surface area contributed by atoms with Gasteiger partial charge in [-0.25, -0.2) is 0 Å². The van der Waals surface area contributed by atoms with E-state index in [-0.39, 0.29) is 0 Å². The molecule has 2 aromatic rings. The highest BCUT2D eigenvalue weighted by molar-refractivity contribution is 8.05. The number of ether oxygens (including phenoxy) is 4. The van der Waals surface area contributed by atoms with Crippen molar-refractivity contribution in [1.29, 1.82) is 0 Å². The minimum atomic E-state index is 0.371. The average molecular weight is 471 g/mol. The van der Waals surface area contributed by atoms with Crippen molar-refractivity contribution in [3.05, 3.63) is 36.4 Å². The van der Waals surface area contributed by atoms with Gasteiger partial charge < -0.3 is 28.7 Å². The second kappa shape index (κ2) is 8.11. The molecule has 4 fully saturated rings. The van der Waals surface area contributed by atoms with Gasteiger partial charge in [0.2, 0.25) is 0 Å². The molecule has 7 rings (SSSR count). The Hall–Kier alpha value is -1.42. The fourth-order valence-corrected chi connectivity index (χ4v) is 6.46. The van der Waals surface area contributed by atoms with Crippen LogP contribution < -0.4 is 9.80 Å². The zero-order valence-corrected chi connectivity index (χ0v) is 19.4. The highest BCUT2D eigenvalue weighted by Gasteiger charge is 2.33. The molecule has 0 aromatic heterocycles. The van der Waals surface area contributed by atoms with Crippen LogP contribution in [0, 0.1) is 0 Å². The zero-order chi connectivity index (χ0) is 21.1. The van der Waals surface area contributed by atoms with Crippen LogP contribution >= 0.6 is 23.5 Å². The molecule has 2 aromatic carbocycles. The predicted octanol–water partition coefficient (Wildman–Crippen LogP) is 3.51. The summed E-state index contributed by atoms with van der Waals surface area (Å²) in [6.07, 6.45) is 1.49. The number of hydrogen-bond acceptors (Lipinski definition) is 8. The van der Waals surface area contributed by atoms with Crippen LogP contribution in [0.5, 0.6) is 0 Å². The molecule has 0 aliphatic carbocycles. The molecule has 4 saturated heterocycles. The Morgan fingerprint density at radius 2 is 0.906 bits per heavy atom. The lowest BCUT2D eigenvalue weighted by Crippen LogP contribution is -2.31. The maximum Gasteiger partial charge on any atom is 0.0984 e. The second-order valence-electron chi connectivity index (χ2n) is 9.10. The quantitative estimate of drug-likeness (QED) is 0.417. The Labute approximate surface area is 196 Å². The van der Waals surface area contributed by atoms with Gasteiger partial charge in [-0.15, -0.1) is 0 Å². The Morgan fingerprint density at radius 1 is 0.562 bits per heavy atom. The third kappa shape index (κ3) is 4.62. The topological polar surface area (TPSA) is 56.6 Å². The van der Waals surface area contributed by atoms with Crippen LogP contribution in [0.2, 0.25) is 0 Å². The minimum Gasteiger partial charge on any atom is -0.371 e. The molecule has 4 unspecified atom stereocenters. The van der Waals surface area contributed by atoms with Gasteiger partial charge in [0, 0.05) is 57.1 Å². The first kappa shape index (κ1) is 20.0. The van der Waals surface area contributed by atoms with E-state index < -0.39 is 0 Å². The SMILES string of the molecule is c1cc2c(cc1N(CC1CO1)CC1CO1)Sc1ccc(N(CC3CO3)CC3CO3)cc1S2. The van der Waals surface area contributed by atoms with Gasteiger partial charge in [0.25, 0.3) is 0 Å². The molecule has 0 N–H and O–H groups in total. The molecule has 4 atom stereocenters. The summed E-state index contributed by atoms with van der Waals surface area (Å²) in [5.41, 5.74) is 2.53. The highest BCUT2D eigenvalue weighted by Crippen LogP contribution is 2.50. The number of rotatable bonds is 10. The van der Waals surface area contributed by atoms with Gasteiger partial charge in [0.1, 0.15) is 0 Å². The molecule has 0 bridgehead atoms. The molecule has 5 heterocycles. The van der Waals surface area contributed by atoms with Gasteiger partial charge in [0.15, 0.2) is 0 Å². The van der Waals surface area contributed by atoms with Gasteiger partial charge in [-0.3, -0.25) is 0 Å². The van der Waals surface area contributed by atoms with E-state index in [2.05, 4.69) is 46.2 Å². The van der Waals surface area contributed by atoms with Crippen LogP contribution in [0.4, 0.5) is 11.4 Å². The summed E-state index contributed by atoms with van der Waals surface area (Å²) in [4.78, 5) is 10.2. The van der Waals surface area contributed by atoms with Crippen molar-refractivity contribution >= 4 is 34.9 Å². The molecule has 5 aliphatic rings. The van der Waals surface area contributed by atoms with Crippen LogP contribution in [0.25, 0.3) is 0 Å². The standard InChI is InChI=1S/C24H26N2O4S2/c1-3-21-23(5-15(1)25(7-17-11-27-17)8-18-12-28-18)32-22-4-2-16(6-24(22)31-21)26(9-19-13-29-19)10-20-14-30-20/h1-6,17-20H,7-14H2.